The first-order chi connectivity index (χ1) is 13.2. The lowest BCUT2D eigenvalue weighted by atomic mass is 10.2. The molecule has 4 rings (SSSR count). The highest BCUT2D eigenvalue weighted by molar-refractivity contribution is 6.07. The van der Waals surface area contributed by atoms with Crippen LogP contribution in [0.2, 0.25) is 0 Å². The van der Waals surface area contributed by atoms with Gasteiger partial charge in [0.05, 0.1) is 29.8 Å². The summed E-state index contributed by atoms with van der Waals surface area (Å²) in [6, 6.07) is 15.4. The van der Waals surface area contributed by atoms with Crippen molar-refractivity contribution >= 4 is 39.0 Å². The van der Waals surface area contributed by atoms with Gasteiger partial charge >= 0.3 is 0 Å². The number of benzene rings is 2. The van der Waals surface area contributed by atoms with Gasteiger partial charge in [0.1, 0.15) is 12.1 Å². The zero-order chi connectivity index (χ0) is 18.8. The summed E-state index contributed by atoms with van der Waals surface area (Å²) in [5.74, 6) is -0.185. The molecule has 0 atom stereocenters. The summed E-state index contributed by atoms with van der Waals surface area (Å²) in [6.07, 6.45) is 0. The van der Waals surface area contributed by atoms with Gasteiger partial charge in [-0.1, -0.05) is 30.3 Å². The summed E-state index contributed by atoms with van der Waals surface area (Å²) in [5, 5.41) is 19.3. The van der Waals surface area contributed by atoms with E-state index in [1.54, 1.807) is 0 Å². The first kappa shape index (κ1) is 17.4. The second-order valence-electron chi connectivity index (χ2n) is 6.32. The van der Waals surface area contributed by atoms with Crippen LogP contribution in [0.1, 0.15) is 0 Å². The van der Waals surface area contributed by atoms with Gasteiger partial charge in [-0.15, -0.1) is 0 Å². The molecule has 138 valence electrons. The molecule has 1 amide bonds. The van der Waals surface area contributed by atoms with Crippen LogP contribution in [0.25, 0.3) is 33.1 Å². The van der Waals surface area contributed by atoms with Crippen molar-refractivity contribution in [1.82, 2.24) is 19.4 Å². The Kier molecular flexibility index (Phi) is 4.70. The zero-order valence-electron chi connectivity index (χ0n) is 14.7. The molecule has 27 heavy (non-hydrogen) atoms. The largest absolute Gasteiger partial charge is 0.395 e. The first-order valence-electron chi connectivity index (χ1n) is 8.86. The van der Waals surface area contributed by atoms with Crippen molar-refractivity contribution in [2.45, 2.75) is 6.54 Å². The highest BCUT2D eigenvalue weighted by atomic mass is 16.3. The number of hydrogen-bond acceptors (Lipinski definition) is 5. The molecule has 0 aliphatic heterocycles. The van der Waals surface area contributed by atoms with Crippen molar-refractivity contribution < 1.29 is 15.0 Å². The van der Waals surface area contributed by atoms with Gasteiger partial charge in [0, 0.05) is 18.5 Å². The van der Waals surface area contributed by atoms with E-state index in [1.165, 1.54) is 4.90 Å². The molecule has 2 aromatic heterocycles. The van der Waals surface area contributed by atoms with Crippen LogP contribution in [0, 0.1) is 0 Å². The molecule has 0 fully saturated rings. The Bertz CT molecular complexity index is 1120. The molecule has 7 nitrogen and oxygen atoms in total. The zero-order valence-corrected chi connectivity index (χ0v) is 14.7. The van der Waals surface area contributed by atoms with Crippen LogP contribution >= 0.6 is 0 Å². The minimum atomic E-state index is -0.185. The summed E-state index contributed by atoms with van der Waals surface area (Å²) in [5.41, 5.74) is 3.86. The van der Waals surface area contributed by atoms with E-state index in [1.807, 2.05) is 53.1 Å². The van der Waals surface area contributed by atoms with Gasteiger partial charge in [0.25, 0.3) is 0 Å². The maximum Gasteiger partial charge on any atom is 0.242 e. The van der Waals surface area contributed by atoms with Gasteiger partial charge in [0.15, 0.2) is 5.65 Å². The van der Waals surface area contributed by atoms with E-state index in [0.29, 0.717) is 5.65 Å². The van der Waals surface area contributed by atoms with Gasteiger partial charge in [-0.25, -0.2) is 9.97 Å². The Morgan fingerprint density at radius 2 is 1.56 bits per heavy atom. The van der Waals surface area contributed by atoms with E-state index < -0.39 is 0 Å². The Balaban J connectivity index is 1.87. The van der Waals surface area contributed by atoms with Crippen LogP contribution in [0.5, 0.6) is 0 Å². The number of amides is 1. The molecule has 0 aliphatic rings. The van der Waals surface area contributed by atoms with Crippen molar-refractivity contribution in [3.63, 3.8) is 0 Å². The average Bonchev–Trinajstić information content (AvgIpc) is 2.99. The molecule has 0 saturated heterocycles. The van der Waals surface area contributed by atoms with E-state index >= 15 is 0 Å². The molecule has 0 unspecified atom stereocenters. The molecule has 0 aliphatic carbocycles. The highest BCUT2D eigenvalue weighted by Gasteiger charge is 2.19. The lowest BCUT2D eigenvalue weighted by Crippen LogP contribution is -2.38. The van der Waals surface area contributed by atoms with Gasteiger partial charge in [0.2, 0.25) is 5.91 Å². The number of para-hydroxylation sites is 3. The van der Waals surface area contributed by atoms with Gasteiger partial charge in [-0.05, 0) is 18.2 Å². The number of carbonyl (C=O) groups is 1. The van der Waals surface area contributed by atoms with Crippen LogP contribution in [0.3, 0.4) is 0 Å². The van der Waals surface area contributed by atoms with Gasteiger partial charge in [-0.3, -0.25) is 4.79 Å². The van der Waals surface area contributed by atoms with Crippen molar-refractivity contribution in [3.05, 3.63) is 48.5 Å². The number of hydrogen-bond donors (Lipinski definition) is 2. The fourth-order valence-electron chi connectivity index (χ4n) is 3.38. The van der Waals surface area contributed by atoms with Gasteiger partial charge < -0.3 is 19.7 Å². The number of aliphatic hydroxyl groups is 2. The molecule has 0 spiro atoms. The molecule has 7 heteroatoms. The van der Waals surface area contributed by atoms with E-state index in [2.05, 4.69) is 0 Å². The maximum atomic E-state index is 12.8. The number of aliphatic hydroxyl groups excluding tert-OH is 2. The lowest BCUT2D eigenvalue weighted by molar-refractivity contribution is -0.132. The number of fused-ring (bicyclic) bond motifs is 4. The number of carbonyl (C=O) groups excluding carboxylic acids is 1. The standard InChI is InChI=1S/C20H20N4O3/c25-11-9-23(10-12-26)18(27)13-24-17-8-4-1-5-14(17)19-20(24)22-16-7-3-2-6-15(16)21-19/h1-8,25-26H,9-13H2. The lowest BCUT2D eigenvalue weighted by Gasteiger charge is -2.21. The molecule has 2 N–H and O–H groups in total. The maximum absolute atomic E-state index is 12.8. The van der Waals surface area contributed by atoms with Crippen molar-refractivity contribution in [3.8, 4) is 0 Å². The summed E-state index contributed by atoms with van der Waals surface area (Å²) < 4.78 is 1.86. The molecule has 0 radical (unpaired) electrons. The first-order valence-corrected chi connectivity index (χ1v) is 8.86. The third-order valence-electron chi connectivity index (χ3n) is 4.64. The van der Waals surface area contributed by atoms with Crippen molar-refractivity contribution in [2.24, 2.45) is 0 Å². The second kappa shape index (κ2) is 7.30. The molecule has 0 saturated carbocycles. The van der Waals surface area contributed by atoms with Crippen LogP contribution in [0.15, 0.2) is 48.5 Å². The van der Waals surface area contributed by atoms with E-state index in [0.717, 1.165) is 27.5 Å². The Morgan fingerprint density at radius 1 is 0.926 bits per heavy atom. The number of rotatable bonds is 6. The predicted molar refractivity (Wildman–Crippen MR) is 103 cm³/mol. The summed E-state index contributed by atoms with van der Waals surface area (Å²) >= 11 is 0. The molecular formula is C20H20N4O3. The molecule has 2 aromatic carbocycles. The Morgan fingerprint density at radius 3 is 2.26 bits per heavy atom. The predicted octanol–water partition coefficient (Wildman–Crippen LogP) is 1.55. The monoisotopic (exact) mass is 364 g/mol. The van der Waals surface area contributed by atoms with Crippen LogP contribution in [-0.4, -0.2) is 61.9 Å². The Hall–Kier alpha value is -3.03. The third kappa shape index (κ3) is 3.11. The smallest absolute Gasteiger partial charge is 0.242 e. The molecule has 0 bridgehead atoms. The van der Waals surface area contributed by atoms with Crippen LogP contribution in [0.4, 0.5) is 0 Å². The topological polar surface area (TPSA) is 91.5 Å². The quantitative estimate of drug-likeness (QED) is 0.542. The number of aromatic nitrogens is 3. The molecule has 2 heterocycles. The van der Waals surface area contributed by atoms with E-state index in [-0.39, 0.29) is 38.8 Å². The molecular weight excluding hydrogens is 344 g/mol. The minimum absolute atomic E-state index is 0.0665. The highest BCUT2D eigenvalue weighted by Crippen LogP contribution is 2.28. The fraction of sp³-hybridized carbons (Fsp3) is 0.250. The number of nitrogens with zero attached hydrogens (tertiary/aromatic N) is 4. The Labute approximate surface area is 155 Å². The summed E-state index contributed by atoms with van der Waals surface area (Å²) in [6.45, 7) is 0.139. The SMILES string of the molecule is O=C(Cn1c2ccccc2c2nc3ccccc3nc21)N(CCO)CCO. The summed E-state index contributed by atoms with van der Waals surface area (Å²) in [7, 11) is 0. The van der Waals surface area contributed by atoms with Crippen molar-refractivity contribution in [1.29, 1.82) is 0 Å². The average molecular weight is 364 g/mol. The normalized spacial score (nSPS) is 11.5. The van der Waals surface area contributed by atoms with E-state index in [4.69, 9.17) is 9.97 Å². The minimum Gasteiger partial charge on any atom is -0.395 e. The molecule has 4 aromatic rings. The van der Waals surface area contributed by atoms with Crippen LogP contribution in [-0.2, 0) is 11.3 Å². The third-order valence-corrected chi connectivity index (χ3v) is 4.64. The van der Waals surface area contributed by atoms with Crippen molar-refractivity contribution in [2.75, 3.05) is 26.3 Å². The van der Waals surface area contributed by atoms with Crippen LogP contribution < -0.4 is 0 Å². The summed E-state index contributed by atoms with van der Waals surface area (Å²) in [4.78, 5) is 23.7. The fourth-order valence-corrected chi connectivity index (χ4v) is 3.38. The van der Waals surface area contributed by atoms with E-state index in [9.17, 15) is 15.0 Å². The second-order valence-corrected chi connectivity index (χ2v) is 6.32. The van der Waals surface area contributed by atoms with Gasteiger partial charge in [-0.2, -0.15) is 0 Å².